The first-order valence-corrected chi connectivity index (χ1v) is 9.70. The number of carbonyl (C=O) groups is 2. The molecule has 0 saturated carbocycles. The van der Waals surface area contributed by atoms with E-state index in [0.29, 0.717) is 16.1 Å². The Labute approximate surface area is 178 Å². The van der Waals surface area contributed by atoms with E-state index in [4.69, 9.17) is 11.6 Å². The summed E-state index contributed by atoms with van der Waals surface area (Å²) in [6, 6.07) is 21.2. The number of amides is 1. The molecule has 30 heavy (non-hydrogen) atoms. The summed E-state index contributed by atoms with van der Waals surface area (Å²) in [4.78, 5) is 27.3. The van der Waals surface area contributed by atoms with E-state index in [1.54, 1.807) is 36.4 Å². The monoisotopic (exact) mass is 419 g/mol. The SMILES string of the molecule is O=C1C(=O)N(Cc2ccccc2)C(c2ccc(O)cc2)/C1=C(\O)c1ccc(Cl)cc1. The molecular weight excluding hydrogens is 402 g/mol. The second kappa shape index (κ2) is 8.05. The highest BCUT2D eigenvalue weighted by atomic mass is 35.5. The van der Waals surface area contributed by atoms with Crippen molar-refractivity contribution in [1.82, 2.24) is 4.90 Å². The standard InChI is InChI=1S/C24H18ClNO4/c25-18-10-6-17(7-11-18)22(28)20-21(16-8-12-19(27)13-9-16)26(24(30)23(20)29)14-15-4-2-1-3-5-15/h1-13,21,27-28H,14H2/b22-20+. The summed E-state index contributed by atoms with van der Waals surface area (Å²) in [5, 5.41) is 21.1. The Morgan fingerprint density at radius 2 is 1.53 bits per heavy atom. The summed E-state index contributed by atoms with van der Waals surface area (Å²) in [6.07, 6.45) is 0. The summed E-state index contributed by atoms with van der Waals surface area (Å²) in [7, 11) is 0. The van der Waals surface area contributed by atoms with Crippen molar-refractivity contribution in [3.63, 3.8) is 0 Å². The molecule has 2 N–H and O–H groups in total. The zero-order valence-corrected chi connectivity index (χ0v) is 16.6. The van der Waals surface area contributed by atoms with Crippen molar-refractivity contribution in [2.75, 3.05) is 0 Å². The van der Waals surface area contributed by atoms with Gasteiger partial charge >= 0.3 is 0 Å². The van der Waals surface area contributed by atoms with E-state index >= 15 is 0 Å². The number of nitrogens with zero attached hydrogens (tertiary/aromatic N) is 1. The van der Waals surface area contributed by atoms with Crippen LogP contribution in [0.25, 0.3) is 5.76 Å². The number of rotatable bonds is 4. The number of likely N-dealkylation sites (tertiary alicyclic amines) is 1. The normalized spacial score (nSPS) is 18.0. The molecule has 0 spiro atoms. The lowest BCUT2D eigenvalue weighted by molar-refractivity contribution is -0.140. The molecule has 1 fully saturated rings. The third kappa shape index (κ3) is 3.67. The van der Waals surface area contributed by atoms with Crippen molar-refractivity contribution in [2.45, 2.75) is 12.6 Å². The largest absolute Gasteiger partial charge is 0.508 e. The fraction of sp³-hybridized carbons (Fsp3) is 0.0833. The van der Waals surface area contributed by atoms with Crippen LogP contribution >= 0.6 is 11.6 Å². The molecule has 3 aromatic carbocycles. The highest BCUT2D eigenvalue weighted by Crippen LogP contribution is 2.40. The van der Waals surface area contributed by atoms with Crippen molar-refractivity contribution in [1.29, 1.82) is 0 Å². The van der Waals surface area contributed by atoms with Crippen molar-refractivity contribution >= 4 is 29.1 Å². The van der Waals surface area contributed by atoms with Gasteiger partial charge in [0.2, 0.25) is 0 Å². The predicted molar refractivity (Wildman–Crippen MR) is 114 cm³/mol. The molecule has 0 radical (unpaired) electrons. The number of Topliss-reactive ketones (excluding diaryl/α,β-unsaturated/α-hetero) is 1. The molecule has 1 heterocycles. The minimum atomic E-state index is -0.790. The molecule has 3 aromatic rings. The van der Waals surface area contributed by atoms with Crippen molar-refractivity contribution in [3.8, 4) is 5.75 Å². The number of phenolic OH excluding ortho intramolecular Hbond substituents is 1. The van der Waals surface area contributed by atoms with Crippen LogP contribution in [0.2, 0.25) is 5.02 Å². The smallest absolute Gasteiger partial charge is 0.295 e. The van der Waals surface area contributed by atoms with Gasteiger partial charge in [-0.05, 0) is 47.5 Å². The number of benzene rings is 3. The first-order valence-electron chi connectivity index (χ1n) is 9.33. The molecule has 1 aliphatic heterocycles. The highest BCUT2D eigenvalue weighted by Gasteiger charge is 2.46. The van der Waals surface area contributed by atoms with E-state index in [9.17, 15) is 19.8 Å². The summed E-state index contributed by atoms with van der Waals surface area (Å²) in [5.74, 6) is -1.64. The van der Waals surface area contributed by atoms with Crippen molar-refractivity contribution < 1.29 is 19.8 Å². The predicted octanol–water partition coefficient (Wildman–Crippen LogP) is 4.67. The van der Waals surface area contributed by atoms with E-state index in [0.717, 1.165) is 5.56 Å². The summed E-state index contributed by atoms with van der Waals surface area (Å²) in [6.45, 7) is 0.203. The minimum absolute atomic E-state index is 0.00365. The second-order valence-corrected chi connectivity index (χ2v) is 7.45. The number of hydrogen-bond donors (Lipinski definition) is 2. The third-order valence-corrected chi connectivity index (χ3v) is 5.31. The average molecular weight is 420 g/mol. The molecule has 0 bridgehead atoms. The summed E-state index contributed by atoms with van der Waals surface area (Å²) in [5.41, 5.74) is 1.86. The molecule has 1 amide bonds. The van der Waals surface area contributed by atoms with Gasteiger partial charge in [0.05, 0.1) is 11.6 Å². The lowest BCUT2D eigenvalue weighted by Gasteiger charge is -2.25. The van der Waals surface area contributed by atoms with Gasteiger partial charge in [0.25, 0.3) is 11.7 Å². The lowest BCUT2D eigenvalue weighted by atomic mass is 9.95. The van der Waals surface area contributed by atoms with Crippen LogP contribution < -0.4 is 0 Å². The van der Waals surface area contributed by atoms with Crippen LogP contribution in [-0.4, -0.2) is 26.8 Å². The van der Waals surface area contributed by atoms with Gasteiger partial charge in [0.15, 0.2) is 0 Å². The molecule has 1 atom stereocenters. The van der Waals surface area contributed by atoms with Gasteiger partial charge in [-0.25, -0.2) is 0 Å². The average Bonchev–Trinajstić information content (AvgIpc) is 3.00. The van der Waals surface area contributed by atoms with Gasteiger partial charge in [-0.1, -0.05) is 54.1 Å². The fourth-order valence-corrected chi connectivity index (χ4v) is 3.72. The molecule has 150 valence electrons. The van der Waals surface area contributed by atoms with Crippen LogP contribution in [0.3, 0.4) is 0 Å². The lowest BCUT2D eigenvalue weighted by Crippen LogP contribution is -2.29. The fourth-order valence-electron chi connectivity index (χ4n) is 3.59. The van der Waals surface area contributed by atoms with Gasteiger partial charge in [-0.2, -0.15) is 0 Å². The number of phenols is 1. The zero-order valence-electron chi connectivity index (χ0n) is 15.8. The Morgan fingerprint density at radius 3 is 2.17 bits per heavy atom. The number of aliphatic hydroxyl groups is 1. The topological polar surface area (TPSA) is 77.8 Å². The van der Waals surface area contributed by atoms with Crippen LogP contribution in [0.5, 0.6) is 5.75 Å². The van der Waals surface area contributed by atoms with Gasteiger partial charge in [-0.15, -0.1) is 0 Å². The van der Waals surface area contributed by atoms with E-state index in [-0.39, 0.29) is 23.6 Å². The van der Waals surface area contributed by atoms with Crippen LogP contribution in [0, 0.1) is 0 Å². The van der Waals surface area contributed by atoms with Crippen molar-refractivity contribution in [2.24, 2.45) is 0 Å². The maximum atomic E-state index is 13.0. The molecule has 0 aromatic heterocycles. The maximum Gasteiger partial charge on any atom is 0.295 e. The van der Waals surface area contributed by atoms with Crippen LogP contribution in [0.1, 0.15) is 22.7 Å². The number of ketones is 1. The second-order valence-electron chi connectivity index (χ2n) is 7.01. The molecule has 5 nitrogen and oxygen atoms in total. The van der Waals surface area contributed by atoms with Gasteiger partial charge in [0.1, 0.15) is 11.5 Å². The van der Waals surface area contributed by atoms with E-state index in [1.807, 2.05) is 30.3 Å². The Hall–Kier alpha value is -3.57. The summed E-state index contributed by atoms with van der Waals surface area (Å²) < 4.78 is 0. The third-order valence-electron chi connectivity index (χ3n) is 5.06. The van der Waals surface area contributed by atoms with Gasteiger partial charge in [0, 0.05) is 17.1 Å². The van der Waals surface area contributed by atoms with E-state index in [1.165, 1.54) is 17.0 Å². The number of aliphatic hydroxyl groups excluding tert-OH is 1. The van der Waals surface area contributed by atoms with Crippen LogP contribution in [0.4, 0.5) is 0 Å². The van der Waals surface area contributed by atoms with Gasteiger partial charge in [-0.3, -0.25) is 9.59 Å². The van der Waals surface area contributed by atoms with E-state index in [2.05, 4.69) is 0 Å². The zero-order chi connectivity index (χ0) is 21.3. The first-order chi connectivity index (χ1) is 14.5. The summed E-state index contributed by atoms with van der Waals surface area (Å²) >= 11 is 5.93. The molecule has 0 aliphatic carbocycles. The van der Waals surface area contributed by atoms with Crippen LogP contribution in [0.15, 0.2) is 84.4 Å². The molecule has 1 unspecified atom stereocenters. The minimum Gasteiger partial charge on any atom is -0.508 e. The highest BCUT2D eigenvalue weighted by molar-refractivity contribution is 6.46. The van der Waals surface area contributed by atoms with Crippen molar-refractivity contribution in [3.05, 3.63) is 106 Å². The molecule has 4 rings (SSSR count). The Kier molecular flexibility index (Phi) is 5.29. The Bertz CT molecular complexity index is 1120. The molecule has 1 saturated heterocycles. The number of aromatic hydroxyl groups is 1. The molecule has 6 heteroatoms. The Morgan fingerprint density at radius 1 is 0.900 bits per heavy atom. The van der Waals surface area contributed by atoms with Crippen LogP contribution in [-0.2, 0) is 16.1 Å². The Balaban J connectivity index is 1.85. The van der Waals surface area contributed by atoms with E-state index < -0.39 is 17.7 Å². The van der Waals surface area contributed by atoms with Gasteiger partial charge < -0.3 is 15.1 Å². The number of hydrogen-bond acceptors (Lipinski definition) is 4. The molecular formula is C24H18ClNO4. The maximum absolute atomic E-state index is 13.0. The number of carbonyl (C=O) groups excluding carboxylic acids is 2. The molecule has 1 aliphatic rings. The first kappa shape index (κ1) is 19.7. The number of halogens is 1. The quantitative estimate of drug-likeness (QED) is 0.366.